The van der Waals surface area contributed by atoms with Crippen LogP contribution in [0.15, 0.2) is 42.7 Å². The molecule has 11 heteroatoms. The second kappa shape index (κ2) is 9.14. The summed E-state index contributed by atoms with van der Waals surface area (Å²) in [4.78, 5) is 15.0. The highest BCUT2D eigenvalue weighted by molar-refractivity contribution is 6.10. The van der Waals surface area contributed by atoms with Gasteiger partial charge in [-0.05, 0) is 60.7 Å². The average Bonchev–Trinajstić information content (AvgIpc) is 3.44. The van der Waals surface area contributed by atoms with Crippen molar-refractivity contribution < 1.29 is 27.4 Å². The maximum absolute atomic E-state index is 14.2. The van der Waals surface area contributed by atoms with E-state index in [0.717, 1.165) is 17.5 Å². The molecule has 1 aromatic heterocycles. The van der Waals surface area contributed by atoms with Gasteiger partial charge >= 0.3 is 6.18 Å². The molecule has 206 valence electrons. The summed E-state index contributed by atoms with van der Waals surface area (Å²) in [6, 6.07) is 10.2. The molecule has 1 aliphatic carbocycles. The van der Waals surface area contributed by atoms with Crippen LogP contribution in [0.4, 0.5) is 18.9 Å². The third-order valence-electron chi connectivity index (χ3n) is 8.30. The summed E-state index contributed by atoms with van der Waals surface area (Å²) in [6.07, 6.45) is -1.51. The SMILES string of the molecule is COC1CC(c2cccc(N3Cc4c(cc(CNC5(C)COC5)cc4C(F)(F)F)C3=O)c2)(c2nncn2C)C1. The average molecular weight is 542 g/mol. The minimum absolute atomic E-state index is 0.00551. The summed E-state index contributed by atoms with van der Waals surface area (Å²) in [6.45, 7) is 3.00. The van der Waals surface area contributed by atoms with E-state index in [-0.39, 0.29) is 35.9 Å². The van der Waals surface area contributed by atoms with Gasteiger partial charge in [-0.15, -0.1) is 10.2 Å². The number of nitrogens with one attached hydrogen (secondary N) is 1. The Morgan fingerprint density at radius 1 is 1.21 bits per heavy atom. The molecular weight excluding hydrogens is 511 g/mol. The van der Waals surface area contributed by atoms with Crippen LogP contribution in [0, 0.1) is 0 Å². The zero-order valence-corrected chi connectivity index (χ0v) is 22.0. The fraction of sp³-hybridized carbons (Fsp3) is 0.464. The molecule has 0 radical (unpaired) electrons. The molecule has 2 aromatic carbocycles. The van der Waals surface area contributed by atoms with Gasteiger partial charge in [-0.3, -0.25) is 4.79 Å². The predicted octanol–water partition coefficient (Wildman–Crippen LogP) is 3.97. The number of anilines is 1. The van der Waals surface area contributed by atoms with E-state index in [0.29, 0.717) is 37.3 Å². The van der Waals surface area contributed by atoms with Crippen molar-refractivity contribution in [2.24, 2.45) is 7.05 Å². The van der Waals surface area contributed by atoms with Crippen LogP contribution in [0.5, 0.6) is 0 Å². The van der Waals surface area contributed by atoms with Crippen LogP contribution in [0.2, 0.25) is 0 Å². The highest BCUT2D eigenvalue weighted by Gasteiger charge is 2.50. The van der Waals surface area contributed by atoms with Crippen LogP contribution in [-0.4, -0.2) is 52.6 Å². The fourth-order valence-corrected chi connectivity index (χ4v) is 5.98. The molecule has 1 amide bonds. The zero-order chi connectivity index (χ0) is 27.6. The molecule has 6 rings (SSSR count). The molecule has 1 saturated heterocycles. The Bertz CT molecular complexity index is 1430. The van der Waals surface area contributed by atoms with Crippen molar-refractivity contribution in [1.82, 2.24) is 20.1 Å². The number of hydrogen-bond donors (Lipinski definition) is 1. The molecule has 1 N–H and O–H groups in total. The second-order valence-electron chi connectivity index (χ2n) is 11.1. The molecule has 3 aromatic rings. The van der Waals surface area contributed by atoms with Gasteiger partial charge in [0.2, 0.25) is 0 Å². The number of nitrogens with zero attached hydrogens (tertiary/aromatic N) is 4. The van der Waals surface area contributed by atoms with Gasteiger partial charge < -0.3 is 24.3 Å². The van der Waals surface area contributed by atoms with E-state index in [2.05, 4.69) is 15.5 Å². The van der Waals surface area contributed by atoms with E-state index in [1.165, 1.54) is 4.90 Å². The smallest absolute Gasteiger partial charge is 0.381 e. The van der Waals surface area contributed by atoms with Crippen LogP contribution in [0.25, 0.3) is 0 Å². The standard InChI is InChI=1S/C28H30F3N5O3/c1-26(14-39-15-26)32-12-17-7-21-22(23(8-17)28(29,30)31)13-36(24(21)37)19-6-4-5-18(9-19)27(10-20(11-27)38-3)25-34-33-16-35(25)2/h4-9,16,20,32H,10-15H2,1-3H3. The van der Waals surface area contributed by atoms with Gasteiger partial charge in [-0.2, -0.15) is 13.2 Å². The van der Waals surface area contributed by atoms with Crippen molar-refractivity contribution in [3.63, 3.8) is 0 Å². The first-order valence-corrected chi connectivity index (χ1v) is 12.9. The predicted molar refractivity (Wildman–Crippen MR) is 136 cm³/mol. The Balaban J connectivity index is 1.34. The number of methoxy groups -OCH3 is 1. The third-order valence-corrected chi connectivity index (χ3v) is 8.30. The number of ether oxygens (including phenoxy) is 2. The normalized spacial score (nSPS) is 23.9. The fourth-order valence-electron chi connectivity index (χ4n) is 5.98. The Labute approximate surface area is 224 Å². The summed E-state index contributed by atoms with van der Waals surface area (Å²) in [7, 11) is 3.55. The summed E-state index contributed by atoms with van der Waals surface area (Å²) < 4.78 is 55.2. The number of rotatable bonds is 7. The first kappa shape index (κ1) is 26.0. The topological polar surface area (TPSA) is 81.5 Å². The van der Waals surface area contributed by atoms with Crippen molar-refractivity contribution in [3.8, 4) is 0 Å². The molecule has 39 heavy (non-hydrogen) atoms. The largest absolute Gasteiger partial charge is 0.416 e. The maximum Gasteiger partial charge on any atom is 0.416 e. The van der Waals surface area contributed by atoms with Crippen molar-refractivity contribution in [3.05, 3.63) is 76.4 Å². The van der Waals surface area contributed by atoms with Gasteiger partial charge in [0.15, 0.2) is 0 Å². The molecule has 3 aliphatic rings. The lowest BCUT2D eigenvalue weighted by Gasteiger charge is -2.46. The third kappa shape index (κ3) is 4.32. The van der Waals surface area contributed by atoms with Gasteiger partial charge in [0.05, 0.1) is 42.4 Å². The number of aryl methyl sites for hydroxylation is 1. The number of carbonyl (C=O) groups is 1. The Kier molecular flexibility index (Phi) is 6.09. The molecule has 0 spiro atoms. The number of benzene rings is 2. The first-order chi connectivity index (χ1) is 18.5. The van der Waals surface area contributed by atoms with E-state index in [1.807, 2.05) is 36.7 Å². The minimum atomic E-state index is -4.59. The van der Waals surface area contributed by atoms with Crippen LogP contribution in [0.1, 0.15) is 58.2 Å². The lowest BCUT2D eigenvalue weighted by atomic mass is 9.62. The van der Waals surface area contributed by atoms with Crippen LogP contribution < -0.4 is 10.2 Å². The van der Waals surface area contributed by atoms with Gasteiger partial charge in [0.1, 0.15) is 12.2 Å². The van der Waals surface area contributed by atoms with Crippen LogP contribution >= 0.6 is 0 Å². The number of hydrogen-bond acceptors (Lipinski definition) is 6. The first-order valence-electron chi connectivity index (χ1n) is 12.9. The Hall–Kier alpha value is -3.28. The second-order valence-corrected chi connectivity index (χ2v) is 11.1. The van der Waals surface area contributed by atoms with E-state index in [1.54, 1.807) is 25.6 Å². The molecule has 0 unspecified atom stereocenters. The summed E-state index contributed by atoms with van der Waals surface area (Å²) in [5.41, 5.74) is 0.466. The van der Waals surface area contributed by atoms with Gasteiger partial charge in [0.25, 0.3) is 5.91 Å². The number of aromatic nitrogens is 3. The van der Waals surface area contributed by atoms with Crippen molar-refractivity contribution in [2.75, 3.05) is 25.2 Å². The highest BCUT2D eigenvalue weighted by atomic mass is 19.4. The minimum Gasteiger partial charge on any atom is -0.381 e. The van der Waals surface area contributed by atoms with Crippen molar-refractivity contribution in [1.29, 1.82) is 0 Å². The monoisotopic (exact) mass is 541 g/mol. The Morgan fingerprint density at radius 2 is 1.97 bits per heavy atom. The number of alkyl halides is 3. The molecule has 3 heterocycles. The molecular formula is C28H30F3N5O3. The molecule has 0 atom stereocenters. The molecule has 1 saturated carbocycles. The summed E-state index contributed by atoms with van der Waals surface area (Å²) in [5, 5.41) is 11.7. The zero-order valence-electron chi connectivity index (χ0n) is 22.0. The number of fused-ring (bicyclic) bond motifs is 1. The van der Waals surface area contributed by atoms with Gasteiger partial charge in [-0.25, -0.2) is 0 Å². The Morgan fingerprint density at radius 3 is 2.59 bits per heavy atom. The van der Waals surface area contributed by atoms with E-state index in [9.17, 15) is 18.0 Å². The lowest BCUT2D eigenvalue weighted by molar-refractivity contribution is -0.138. The summed E-state index contributed by atoms with van der Waals surface area (Å²) >= 11 is 0. The van der Waals surface area contributed by atoms with Crippen LogP contribution in [0.3, 0.4) is 0 Å². The molecule has 2 fully saturated rings. The lowest BCUT2D eigenvalue weighted by Crippen LogP contribution is -2.57. The molecule has 0 bridgehead atoms. The molecule has 8 nitrogen and oxygen atoms in total. The highest BCUT2D eigenvalue weighted by Crippen LogP contribution is 2.50. The summed E-state index contributed by atoms with van der Waals surface area (Å²) in [5.74, 6) is 0.342. The van der Waals surface area contributed by atoms with E-state index < -0.39 is 23.1 Å². The van der Waals surface area contributed by atoms with Gasteiger partial charge in [-0.1, -0.05) is 12.1 Å². The van der Waals surface area contributed by atoms with Crippen LogP contribution in [-0.2, 0) is 41.2 Å². The van der Waals surface area contributed by atoms with E-state index >= 15 is 0 Å². The number of carbonyl (C=O) groups excluding carboxylic acids is 1. The number of halogens is 3. The van der Waals surface area contributed by atoms with Gasteiger partial charge in [0, 0.05) is 32.0 Å². The molecule has 2 aliphatic heterocycles. The van der Waals surface area contributed by atoms with E-state index in [4.69, 9.17) is 9.47 Å². The maximum atomic E-state index is 14.2. The quantitative estimate of drug-likeness (QED) is 0.488. The van der Waals surface area contributed by atoms with Crippen molar-refractivity contribution >= 4 is 11.6 Å². The number of amides is 1. The van der Waals surface area contributed by atoms with Crippen molar-refractivity contribution in [2.45, 2.75) is 56.1 Å².